The Kier molecular flexibility index (Phi) is 9.07. The molecule has 0 aromatic heterocycles. The molecule has 6 nitrogen and oxygen atoms in total. The van der Waals surface area contributed by atoms with E-state index in [1.807, 2.05) is 18.4 Å². The second-order valence-corrected chi connectivity index (χ2v) is 7.65. The minimum Gasteiger partial charge on any atom is -0.467 e. The fourth-order valence-corrected chi connectivity index (χ4v) is 3.61. The normalized spacial score (nSPS) is 15.7. The number of methoxy groups -OCH3 is 1. The second-order valence-electron chi connectivity index (χ2n) is 6.66. The van der Waals surface area contributed by atoms with Crippen molar-refractivity contribution in [2.24, 2.45) is 0 Å². The fraction of sp³-hybridized carbons (Fsp3) is 0.476. The third-order valence-corrected chi connectivity index (χ3v) is 5.33. The number of benzene rings is 1. The van der Waals surface area contributed by atoms with E-state index in [2.05, 4.69) is 10.6 Å². The van der Waals surface area contributed by atoms with E-state index in [9.17, 15) is 14.4 Å². The van der Waals surface area contributed by atoms with Crippen molar-refractivity contribution in [1.29, 1.82) is 0 Å². The SMILES string of the molecule is COC(=O)[C@H](CCSC)NC(=O)C(NC(=O)c1ccccc1)C1=CCCCC1. The van der Waals surface area contributed by atoms with Crippen molar-refractivity contribution in [3.8, 4) is 0 Å². The van der Waals surface area contributed by atoms with Gasteiger partial charge in [0.2, 0.25) is 5.91 Å². The Bertz CT molecular complexity index is 706. The molecule has 1 unspecified atom stereocenters. The summed E-state index contributed by atoms with van der Waals surface area (Å²) in [5.74, 6) is -0.461. The number of allylic oxidation sites excluding steroid dienone is 1. The van der Waals surface area contributed by atoms with Crippen LogP contribution in [0.1, 0.15) is 42.5 Å². The van der Waals surface area contributed by atoms with Crippen molar-refractivity contribution in [3.05, 3.63) is 47.5 Å². The summed E-state index contributed by atoms with van der Waals surface area (Å²) in [6, 6.07) is 7.26. The van der Waals surface area contributed by atoms with Crippen LogP contribution in [0.2, 0.25) is 0 Å². The van der Waals surface area contributed by atoms with E-state index < -0.39 is 18.1 Å². The van der Waals surface area contributed by atoms with Crippen LogP contribution in [0.4, 0.5) is 0 Å². The summed E-state index contributed by atoms with van der Waals surface area (Å²) in [5, 5.41) is 5.62. The van der Waals surface area contributed by atoms with Crippen molar-refractivity contribution >= 4 is 29.5 Å². The Balaban J connectivity index is 2.17. The van der Waals surface area contributed by atoms with Crippen LogP contribution < -0.4 is 10.6 Å². The monoisotopic (exact) mass is 404 g/mol. The van der Waals surface area contributed by atoms with E-state index in [-0.39, 0.29) is 11.8 Å². The maximum Gasteiger partial charge on any atom is 0.328 e. The van der Waals surface area contributed by atoms with E-state index in [0.29, 0.717) is 17.7 Å². The number of hydrogen-bond donors (Lipinski definition) is 2. The van der Waals surface area contributed by atoms with Gasteiger partial charge in [0.25, 0.3) is 5.91 Å². The van der Waals surface area contributed by atoms with Gasteiger partial charge < -0.3 is 15.4 Å². The van der Waals surface area contributed by atoms with E-state index in [0.717, 1.165) is 31.3 Å². The Morgan fingerprint density at radius 1 is 1.14 bits per heavy atom. The van der Waals surface area contributed by atoms with Gasteiger partial charge in [-0.1, -0.05) is 24.3 Å². The minimum atomic E-state index is -0.797. The topological polar surface area (TPSA) is 84.5 Å². The number of carbonyl (C=O) groups excluding carboxylic acids is 3. The summed E-state index contributed by atoms with van der Waals surface area (Å²) >= 11 is 1.59. The molecule has 0 saturated heterocycles. The number of nitrogens with one attached hydrogen (secondary N) is 2. The molecule has 1 aliphatic carbocycles. The summed E-state index contributed by atoms with van der Waals surface area (Å²) in [4.78, 5) is 37.7. The molecule has 0 radical (unpaired) electrons. The number of amides is 2. The van der Waals surface area contributed by atoms with Crippen molar-refractivity contribution in [2.45, 2.75) is 44.2 Å². The molecule has 28 heavy (non-hydrogen) atoms. The Labute approximate surface area is 170 Å². The quantitative estimate of drug-likeness (QED) is 0.488. The van der Waals surface area contributed by atoms with Crippen LogP contribution in [0.5, 0.6) is 0 Å². The van der Waals surface area contributed by atoms with Crippen molar-refractivity contribution < 1.29 is 19.1 Å². The van der Waals surface area contributed by atoms with Gasteiger partial charge in [0.1, 0.15) is 12.1 Å². The smallest absolute Gasteiger partial charge is 0.328 e. The molecule has 0 fully saturated rings. The number of thioether (sulfide) groups is 1. The predicted molar refractivity (Wildman–Crippen MR) is 111 cm³/mol. The molecule has 2 N–H and O–H groups in total. The summed E-state index contributed by atoms with van der Waals surface area (Å²) < 4.78 is 4.82. The molecule has 2 rings (SSSR count). The Morgan fingerprint density at radius 3 is 2.50 bits per heavy atom. The highest BCUT2D eigenvalue weighted by Gasteiger charge is 2.30. The van der Waals surface area contributed by atoms with Gasteiger partial charge in [0, 0.05) is 5.56 Å². The lowest BCUT2D eigenvalue weighted by Gasteiger charge is -2.26. The van der Waals surface area contributed by atoms with Crippen LogP contribution in [0.15, 0.2) is 42.0 Å². The van der Waals surface area contributed by atoms with E-state index in [4.69, 9.17) is 4.74 Å². The van der Waals surface area contributed by atoms with Crippen LogP contribution in [0, 0.1) is 0 Å². The number of ether oxygens (including phenoxy) is 1. The van der Waals surface area contributed by atoms with Gasteiger partial charge in [-0.25, -0.2) is 4.79 Å². The van der Waals surface area contributed by atoms with Crippen LogP contribution in [0.25, 0.3) is 0 Å². The van der Waals surface area contributed by atoms with Crippen LogP contribution in [-0.4, -0.2) is 49.0 Å². The second kappa shape index (κ2) is 11.5. The standard InChI is InChI=1S/C21H28N2O4S/c1-27-21(26)17(13-14-28-2)22-20(25)18(15-9-5-3-6-10-15)23-19(24)16-11-7-4-8-12-16/h4,7-9,11-12,17-18H,3,5-6,10,13-14H2,1-2H3,(H,22,25)(H,23,24)/t17-,18?/m0/s1. The van der Waals surface area contributed by atoms with Gasteiger partial charge in [-0.2, -0.15) is 11.8 Å². The van der Waals surface area contributed by atoms with Gasteiger partial charge in [-0.15, -0.1) is 0 Å². The summed E-state index contributed by atoms with van der Waals surface area (Å²) in [7, 11) is 1.30. The first kappa shape index (κ1) is 22.0. The highest BCUT2D eigenvalue weighted by Crippen LogP contribution is 2.21. The highest BCUT2D eigenvalue weighted by molar-refractivity contribution is 7.98. The van der Waals surface area contributed by atoms with Crippen LogP contribution in [-0.2, 0) is 14.3 Å². The molecule has 0 spiro atoms. The van der Waals surface area contributed by atoms with E-state index in [1.54, 1.807) is 36.0 Å². The maximum atomic E-state index is 13.0. The first-order valence-corrected chi connectivity index (χ1v) is 10.9. The first-order valence-electron chi connectivity index (χ1n) is 9.48. The fourth-order valence-electron chi connectivity index (χ4n) is 3.14. The molecule has 2 atom stereocenters. The van der Waals surface area contributed by atoms with E-state index in [1.165, 1.54) is 7.11 Å². The molecular formula is C21H28N2O4S. The lowest BCUT2D eigenvalue weighted by Crippen LogP contribution is -2.52. The van der Waals surface area contributed by atoms with Crippen molar-refractivity contribution in [2.75, 3.05) is 19.1 Å². The zero-order valence-corrected chi connectivity index (χ0v) is 17.2. The molecule has 2 amide bonds. The zero-order chi connectivity index (χ0) is 20.4. The van der Waals surface area contributed by atoms with Gasteiger partial charge >= 0.3 is 5.97 Å². The van der Waals surface area contributed by atoms with Gasteiger partial charge in [0.05, 0.1) is 7.11 Å². The van der Waals surface area contributed by atoms with Gasteiger partial charge in [-0.05, 0) is 61.8 Å². The molecule has 1 aromatic carbocycles. The lowest BCUT2D eigenvalue weighted by atomic mass is 9.93. The first-order chi connectivity index (χ1) is 13.6. The number of rotatable bonds is 9. The summed E-state index contributed by atoms with van der Waals surface area (Å²) in [6.45, 7) is 0. The molecule has 7 heteroatoms. The Hall–Kier alpha value is -2.28. The third-order valence-electron chi connectivity index (χ3n) is 4.68. The zero-order valence-electron chi connectivity index (χ0n) is 16.4. The van der Waals surface area contributed by atoms with Gasteiger partial charge in [-0.3, -0.25) is 9.59 Å². The molecule has 1 aliphatic rings. The average Bonchev–Trinajstić information content (AvgIpc) is 2.75. The van der Waals surface area contributed by atoms with Gasteiger partial charge in [0.15, 0.2) is 0 Å². The molecule has 0 aliphatic heterocycles. The largest absolute Gasteiger partial charge is 0.467 e. The highest BCUT2D eigenvalue weighted by atomic mass is 32.2. The minimum absolute atomic E-state index is 0.314. The number of carbonyl (C=O) groups is 3. The van der Waals surface area contributed by atoms with Crippen molar-refractivity contribution in [3.63, 3.8) is 0 Å². The number of esters is 1. The average molecular weight is 405 g/mol. The third kappa shape index (κ3) is 6.41. The number of hydrogen-bond acceptors (Lipinski definition) is 5. The molecular weight excluding hydrogens is 376 g/mol. The van der Waals surface area contributed by atoms with Crippen LogP contribution in [0.3, 0.4) is 0 Å². The molecule has 152 valence electrons. The summed E-state index contributed by atoms with van der Waals surface area (Å²) in [6.07, 6.45) is 8.11. The summed E-state index contributed by atoms with van der Waals surface area (Å²) in [5.41, 5.74) is 1.38. The molecule has 0 bridgehead atoms. The molecule has 1 aromatic rings. The molecule has 0 heterocycles. The predicted octanol–water partition coefficient (Wildman–Crippen LogP) is 2.70. The lowest BCUT2D eigenvalue weighted by molar-refractivity contribution is -0.145. The maximum absolute atomic E-state index is 13.0. The van der Waals surface area contributed by atoms with E-state index >= 15 is 0 Å². The van der Waals surface area contributed by atoms with Crippen LogP contribution >= 0.6 is 11.8 Å². The molecule has 0 saturated carbocycles. The Morgan fingerprint density at radius 2 is 1.89 bits per heavy atom. The van der Waals surface area contributed by atoms with Crippen molar-refractivity contribution in [1.82, 2.24) is 10.6 Å².